The molecule has 2 N–H and O–H groups in total. The molecule has 0 fully saturated rings. The van der Waals surface area contributed by atoms with Crippen molar-refractivity contribution in [2.75, 3.05) is 6.61 Å². The van der Waals surface area contributed by atoms with E-state index < -0.39 is 24.6 Å². The molecule has 6 nitrogen and oxygen atoms in total. The first-order chi connectivity index (χ1) is 11.1. The van der Waals surface area contributed by atoms with Crippen LogP contribution >= 0.6 is 0 Å². The summed E-state index contributed by atoms with van der Waals surface area (Å²) >= 11 is 0. The number of hydrogen-bond acceptors (Lipinski definition) is 6. The fourth-order valence-corrected chi connectivity index (χ4v) is 2.07. The van der Waals surface area contributed by atoms with E-state index in [-0.39, 0.29) is 6.61 Å². The molecule has 0 aliphatic carbocycles. The molecule has 1 aromatic rings. The van der Waals surface area contributed by atoms with E-state index in [1.165, 1.54) is 0 Å². The molecule has 4 atom stereocenters. The van der Waals surface area contributed by atoms with Crippen LogP contribution in [0.1, 0.15) is 18.9 Å². The van der Waals surface area contributed by atoms with E-state index in [1.54, 1.807) is 6.92 Å². The highest BCUT2D eigenvalue weighted by molar-refractivity contribution is 6.00. The Kier molecular flexibility index (Phi) is 6.56. The van der Waals surface area contributed by atoms with Crippen molar-refractivity contribution in [3.8, 4) is 12.3 Å². The quantitative estimate of drug-likeness (QED) is 0.553. The van der Waals surface area contributed by atoms with Crippen molar-refractivity contribution in [1.29, 1.82) is 0 Å². The number of nitrogens with zero attached hydrogens (tertiary/aromatic N) is 1. The van der Waals surface area contributed by atoms with E-state index in [2.05, 4.69) is 11.1 Å². The van der Waals surface area contributed by atoms with Gasteiger partial charge in [-0.1, -0.05) is 41.4 Å². The molecule has 23 heavy (non-hydrogen) atoms. The first-order valence-corrected chi connectivity index (χ1v) is 7.42. The summed E-state index contributed by atoms with van der Waals surface area (Å²) in [5, 5.41) is 23.5. The molecule has 3 unspecified atom stereocenters. The molecule has 0 bridgehead atoms. The van der Waals surface area contributed by atoms with Crippen molar-refractivity contribution < 1.29 is 24.5 Å². The van der Waals surface area contributed by atoms with Gasteiger partial charge in [-0.3, -0.25) is 0 Å². The summed E-state index contributed by atoms with van der Waals surface area (Å²) in [6.45, 7) is 1.81. The number of oxime groups is 1. The average Bonchev–Trinajstić information content (AvgIpc) is 3.04. The minimum atomic E-state index is -0.911. The lowest BCUT2D eigenvalue weighted by Crippen LogP contribution is -2.36. The first kappa shape index (κ1) is 17.4. The summed E-state index contributed by atoms with van der Waals surface area (Å²) in [6.07, 6.45) is 2.46. The Labute approximate surface area is 135 Å². The van der Waals surface area contributed by atoms with E-state index in [9.17, 15) is 10.2 Å². The van der Waals surface area contributed by atoms with Crippen molar-refractivity contribution in [3.63, 3.8) is 0 Å². The maximum absolute atomic E-state index is 10.0. The maximum atomic E-state index is 10.0. The summed E-state index contributed by atoms with van der Waals surface area (Å²) in [5.41, 5.74) is 1.43. The van der Waals surface area contributed by atoms with Crippen molar-refractivity contribution in [2.45, 2.75) is 44.6 Å². The fraction of sp³-hybridized carbons (Fsp3) is 0.471. The summed E-state index contributed by atoms with van der Waals surface area (Å²) < 4.78 is 11.0. The molecule has 0 amide bonds. The molecule has 1 aliphatic rings. The van der Waals surface area contributed by atoms with Crippen LogP contribution in [-0.2, 0) is 20.9 Å². The largest absolute Gasteiger partial charge is 0.388 e. The van der Waals surface area contributed by atoms with Gasteiger partial charge in [-0.15, -0.1) is 6.42 Å². The van der Waals surface area contributed by atoms with Crippen molar-refractivity contribution in [1.82, 2.24) is 0 Å². The summed E-state index contributed by atoms with van der Waals surface area (Å²) in [7, 11) is 0. The summed E-state index contributed by atoms with van der Waals surface area (Å²) in [6, 6.07) is 9.55. The highest BCUT2D eigenvalue weighted by atomic mass is 16.7. The molecule has 1 aromatic carbocycles. The van der Waals surface area contributed by atoms with Gasteiger partial charge in [0, 0.05) is 6.42 Å². The lowest BCUT2D eigenvalue weighted by atomic mass is 10.1. The van der Waals surface area contributed by atoms with Crippen LogP contribution in [0.3, 0.4) is 0 Å². The highest BCUT2D eigenvalue weighted by Crippen LogP contribution is 2.16. The van der Waals surface area contributed by atoms with Crippen LogP contribution in [0, 0.1) is 12.3 Å². The Hall–Kier alpha value is -1.91. The number of terminal acetylenes is 1. The second-order valence-corrected chi connectivity index (χ2v) is 5.34. The van der Waals surface area contributed by atoms with Crippen LogP contribution in [-0.4, -0.2) is 47.1 Å². The van der Waals surface area contributed by atoms with E-state index in [0.29, 0.717) is 18.7 Å². The van der Waals surface area contributed by atoms with Crippen LogP contribution in [0.15, 0.2) is 35.5 Å². The normalized spacial score (nSPS) is 21.0. The Balaban J connectivity index is 1.77. The van der Waals surface area contributed by atoms with Crippen LogP contribution < -0.4 is 0 Å². The third kappa shape index (κ3) is 5.34. The zero-order chi connectivity index (χ0) is 16.7. The molecule has 1 heterocycles. The van der Waals surface area contributed by atoms with Gasteiger partial charge >= 0.3 is 0 Å². The summed E-state index contributed by atoms with van der Waals surface area (Å²) in [4.78, 5) is 5.05. The van der Waals surface area contributed by atoms with E-state index in [0.717, 1.165) is 5.56 Å². The van der Waals surface area contributed by atoms with Gasteiger partial charge in [0.2, 0.25) is 0 Å². The van der Waals surface area contributed by atoms with E-state index >= 15 is 0 Å². The number of benzene rings is 1. The molecule has 1 aliphatic heterocycles. The standard InChI is InChI=1S/C17H21NO5/c1-3-14-9-16(23-18-14)15(20)11-22-17(12(2)19)21-10-13-7-5-4-6-8-13/h1,4-8,12,15-17,19-20H,9-11H2,2H3/t12?,15?,16-,17?/m0/s1. The van der Waals surface area contributed by atoms with Gasteiger partial charge in [0.15, 0.2) is 12.4 Å². The smallest absolute Gasteiger partial charge is 0.183 e. The van der Waals surface area contributed by atoms with Crippen LogP contribution in [0.5, 0.6) is 0 Å². The monoisotopic (exact) mass is 319 g/mol. The molecule has 0 radical (unpaired) electrons. The second-order valence-electron chi connectivity index (χ2n) is 5.34. The van der Waals surface area contributed by atoms with Crippen LogP contribution in [0.4, 0.5) is 0 Å². The molecule has 124 valence electrons. The number of aliphatic hydroxyl groups is 2. The highest BCUT2D eigenvalue weighted by Gasteiger charge is 2.29. The zero-order valence-electron chi connectivity index (χ0n) is 13.0. The van der Waals surface area contributed by atoms with Gasteiger partial charge in [0.05, 0.1) is 13.2 Å². The van der Waals surface area contributed by atoms with Gasteiger partial charge < -0.3 is 24.5 Å². The maximum Gasteiger partial charge on any atom is 0.183 e. The Morgan fingerprint density at radius 2 is 2.09 bits per heavy atom. The number of rotatable bonds is 8. The SMILES string of the molecule is C#CC1=NO[C@H](C(O)COC(OCc2ccccc2)C(C)O)C1. The molecular weight excluding hydrogens is 298 g/mol. The fourth-order valence-electron chi connectivity index (χ4n) is 2.07. The lowest BCUT2D eigenvalue weighted by molar-refractivity contribution is -0.211. The topological polar surface area (TPSA) is 80.5 Å². The van der Waals surface area contributed by atoms with Crippen LogP contribution in [0.25, 0.3) is 0 Å². The van der Waals surface area contributed by atoms with Crippen molar-refractivity contribution in [3.05, 3.63) is 35.9 Å². The predicted molar refractivity (Wildman–Crippen MR) is 84.4 cm³/mol. The predicted octanol–water partition coefficient (Wildman–Crippen LogP) is 1.07. The summed E-state index contributed by atoms with van der Waals surface area (Å²) in [5.74, 6) is 2.38. The first-order valence-electron chi connectivity index (χ1n) is 7.42. The molecule has 0 spiro atoms. The third-order valence-electron chi connectivity index (χ3n) is 3.37. The Morgan fingerprint density at radius 1 is 1.35 bits per heavy atom. The second kappa shape index (κ2) is 8.65. The van der Waals surface area contributed by atoms with E-state index in [4.69, 9.17) is 20.7 Å². The van der Waals surface area contributed by atoms with Gasteiger partial charge in [0.25, 0.3) is 0 Å². The zero-order valence-corrected chi connectivity index (χ0v) is 13.0. The van der Waals surface area contributed by atoms with E-state index in [1.807, 2.05) is 30.3 Å². The van der Waals surface area contributed by atoms with Gasteiger partial charge in [-0.2, -0.15) is 0 Å². The van der Waals surface area contributed by atoms with Gasteiger partial charge in [0.1, 0.15) is 17.9 Å². The lowest BCUT2D eigenvalue weighted by Gasteiger charge is -2.24. The molecule has 0 aromatic heterocycles. The Morgan fingerprint density at radius 3 is 2.70 bits per heavy atom. The number of aliphatic hydroxyl groups excluding tert-OH is 2. The number of hydrogen-bond donors (Lipinski definition) is 2. The van der Waals surface area contributed by atoms with Gasteiger partial charge in [-0.25, -0.2) is 0 Å². The average molecular weight is 319 g/mol. The van der Waals surface area contributed by atoms with Crippen molar-refractivity contribution >= 4 is 5.71 Å². The minimum absolute atomic E-state index is 0.0532. The Bertz CT molecular complexity index is 552. The third-order valence-corrected chi connectivity index (χ3v) is 3.37. The van der Waals surface area contributed by atoms with Crippen LogP contribution in [0.2, 0.25) is 0 Å². The molecule has 6 heteroatoms. The molecule has 0 saturated carbocycles. The number of ether oxygens (including phenoxy) is 2. The molecular formula is C17H21NO5. The van der Waals surface area contributed by atoms with Gasteiger partial charge in [-0.05, 0) is 12.5 Å². The van der Waals surface area contributed by atoms with Crippen molar-refractivity contribution in [2.24, 2.45) is 5.16 Å². The molecule has 2 rings (SSSR count). The molecule has 0 saturated heterocycles. The minimum Gasteiger partial charge on any atom is -0.388 e.